The van der Waals surface area contributed by atoms with E-state index in [0.717, 1.165) is 6.42 Å². The molecular formula is C10H21N3O2. The maximum absolute atomic E-state index is 11.3. The second-order valence-corrected chi connectivity index (χ2v) is 3.35. The molecule has 88 valence electrons. The molecule has 0 aromatic rings. The summed E-state index contributed by atoms with van der Waals surface area (Å²) in [4.78, 5) is 24.0. The van der Waals surface area contributed by atoms with Crippen LogP contribution in [0.5, 0.6) is 0 Å². The third-order valence-corrected chi connectivity index (χ3v) is 2.02. The molecule has 0 aliphatic heterocycles. The third kappa shape index (κ3) is 6.76. The van der Waals surface area contributed by atoms with Crippen LogP contribution >= 0.6 is 0 Å². The monoisotopic (exact) mass is 215 g/mol. The minimum Gasteiger partial charge on any atom is -0.356 e. The molecule has 0 atom stereocenters. The van der Waals surface area contributed by atoms with Gasteiger partial charge in [0.15, 0.2) is 0 Å². The van der Waals surface area contributed by atoms with Crippen molar-refractivity contribution in [2.45, 2.75) is 26.7 Å². The van der Waals surface area contributed by atoms with Crippen LogP contribution in [0.2, 0.25) is 0 Å². The van der Waals surface area contributed by atoms with Gasteiger partial charge in [0.1, 0.15) is 0 Å². The Bertz CT molecular complexity index is 207. The zero-order chi connectivity index (χ0) is 11.7. The number of rotatable bonds is 6. The molecule has 2 N–H and O–H groups in total. The molecule has 0 aliphatic rings. The van der Waals surface area contributed by atoms with E-state index in [1.54, 1.807) is 11.9 Å². The van der Waals surface area contributed by atoms with Crippen LogP contribution in [0.4, 0.5) is 4.79 Å². The van der Waals surface area contributed by atoms with Crippen LogP contribution in [0, 0.1) is 0 Å². The van der Waals surface area contributed by atoms with Crippen molar-refractivity contribution < 1.29 is 9.59 Å². The summed E-state index contributed by atoms with van der Waals surface area (Å²) in [6.45, 7) is 5.64. The first kappa shape index (κ1) is 13.7. The number of nitrogens with one attached hydrogen (secondary N) is 2. The Morgan fingerprint density at radius 2 is 1.80 bits per heavy atom. The van der Waals surface area contributed by atoms with Crippen molar-refractivity contribution in [2.24, 2.45) is 0 Å². The molecule has 0 saturated heterocycles. The van der Waals surface area contributed by atoms with Gasteiger partial charge in [-0.25, -0.2) is 4.79 Å². The van der Waals surface area contributed by atoms with E-state index in [9.17, 15) is 9.59 Å². The lowest BCUT2D eigenvalue weighted by molar-refractivity contribution is -0.120. The molecule has 0 aliphatic carbocycles. The quantitative estimate of drug-likeness (QED) is 0.680. The predicted octanol–water partition coefficient (Wildman–Crippen LogP) is 0.564. The zero-order valence-corrected chi connectivity index (χ0v) is 9.80. The maximum Gasteiger partial charge on any atom is 0.317 e. The van der Waals surface area contributed by atoms with Gasteiger partial charge in [0.05, 0.1) is 0 Å². The standard InChI is InChI=1S/C10H21N3O2/c1-4-7-11-9(14)6-8-12-10(15)13(3)5-2/h4-8H2,1-3H3,(H,11,14)(H,12,15). The molecule has 5 heteroatoms. The Hall–Kier alpha value is -1.26. The second kappa shape index (κ2) is 8.08. The first-order valence-corrected chi connectivity index (χ1v) is 5.37. The number of carbonyl (C=O) groups excluding carboxylic acids is 2. The molecule has 0 aromatic heterocycles. The van der Waals surface area contributed by atoms with Crippen LogP contribution in [0.15, 0.2) is 0 Å². The largest absolute Gasteiger partial charge is 0.356 e. The summed E-state index contributed by atoms with van der Waals surface area (Å²) in [5.74, 6) is -0.0173. The molecule has 0 bridgehead atoms. The molecule has 0 unspecified atom stereocenters. The zero-order valence-electron chi connectivity index (χ0n) is 9.80. The molecule has 0 aromatic carbocycles. The van der Waals surface area contributed by atoms with Crippen molar-refractivity contribution in [3.63, 3.8) is 0 Å². The summed E-state index contributed by atoms with van der Waals surface area (Å²) in [6.07, 6.45) is 1.26. The SMILES string of the molecule is CCCNC(=O)CCNC(=O)N(C)CC. The minimum absolute atomic E-state index is 0.0173. The Balaban J connectivity index is 3.52. The van der Waals surface area contributed by atoms with Crippen LogP contribution in [-0.4, -0.2) is 43.5 Å². The van der Waals surface area contributed by atoms with Gasteiger partial charge in [-0.3, -0.25) is 4.79 Å². The van der Waals surface area contributed by atoms with Crippen molar-refractivity contribution in [2.75, 3.05) is 26.7 Å². The average Bonchev–Trinajstić information content (AvgIpc) is 2.24. The highest BCUT2D eigenvalue weighted by Crippen LogP contribution is 1.84. The number of carbonyl (C=O) groups is 2. The first-order chi connectivity index (χ1) is 7.11. The molecule has 0 radical (unpaired) electrons. The summed E-state index contributed by atoms with van der Waals surface area (Å²) in [5, 5.41) is 5.41. The Labute approximate surface area is 91.2 Å². The lowest BCUT2D eigenvalue weighted by atomic mass is 10.4. The number of hydrogen-bond donors (Lipinski definition) is 2. The van der Waals surface area contributed by atoms with Crippen LogP contribution in [-0.2, 0) is 4.79 Å². The molecule has 5 nitrogen and oxygen atoms in total. The van der Waals surface area contributed by atoms with Crippen molar-refractivity contribution in [1.29, 1.82) is 0 Å². The molecule has 0 rings (SSSR count). The smallest absolute Gasteiger partial charge is 0.317 e. The van der Waals surface area contributed by atoms with E-state index in [-0.39, 0.29) is 11.9 Å². The topological polar surface area (TPSA) is 61.4 Å². The van der Waals surface area contributed by atoms with Gasteiger partial charge in [-0.2, -0.15) is 0 Å². The number of hydrogen-bond acceptors (Lipinski definition) is 2. The van der Waals surface area contributed by atoms with Gasteiger partial charge in [0, 0.05) is 33.1 Å². The van der Waals surface area contributed by atoms with Gasteiger partial charge in [0.25, 0.3) is 0 Å². The molecular weight excluding hydrogens is 194 g/mol. The van der Waals surface area contributed by atoms with E-state index in [1.807, 2.05) is 13.8 Å². The third-order valence-electron chi connectivity index (χ3n) is 2.02. The maximum atomic E-state index is 11.3. The number of amides is 3. The highest BCUT2D eigenvalue weighted by molar-refractivity contribution is 5.78. The normalized spacial score (nSPS) is 9.53. The fourth-order valence-corrected chi connectivity index (χ4v) is 0.914. The fourth-order valence-electron chi connectivity index (χ4n) is 0.914. The van der Waals surface area contributed by atoms with Crippen molar-refractivity contribution >= 4 is 11.9 Å². The summed E-state index contributed by atoms with van der Waals surface area (Å²) in [6, 6.07) is -0.138. The van der Waals surface area contributed by atoms with Gasteiger partial charge < -0.3 is 15.5 Å². The van der Waals surface area contributed by atoms with Gasteiger partial charge in [-0.1, -0.05) is 6.92 Å². The number of urea groups is 1. The van der Waals surface area contributed by atoms with Crippen LogP contribution < -0.4 is 10.6 Å². The predicted molar refractivity (Wildman–Crippen MR) is 59.6 cm³/mol. The van der Waals surface area contributed by atoms with Crippen molar-refractivity contribution in [3.8, 4) is 0 Å². The van der Waals surface area contributed by atoms with Crippen molar-refractivity contribution in [3.05, 3.63) is 0 Å². The molecule has 0 spiro atoms. The van der Waals surface area contributed by atoms with E-state index in [2.05, 4.69) is 10.6 Å². The van der Waals surface area contributed by atoms with E-state index in [4.69, 9.17) is 0 Å². The molecule has 0 fully saturated rings. The van der Waals surface area contributed by atoms with Gasteiger partial charge in [0.2, 0.25) is 5.91 Å². The molecule has 15 heavy (non-hydrogen) atoms. The average molecular weight is 215 g/mol. The van der Waals surface area contributed by atoms with E-state index < -0.39 is 0 Å². The molecule has 0 heterocycles. The summed E-state index contributed by atoms with van der Waals surface area (Å²) < 4.78 is 0. The van der Waals surface area contributed by atoms with Crippen LogP contribution in [0.25, 0.3) is 0 Å². The van der Waals surface area contributed by atoms with E-state index in [1.165, 1.54) is 0 Å². The van der Waals surface area contributed by atoms with E-state index >= 15 is 0 Å². The molecule has 3 amide bonds. The molecule has 0 saturated carbocycles. The van der Waals surface area contributed by atoms with Gasteiger partial charge >= 0.3 is 6.03 Å². The lowest BCUT2D eigenvalue weighted by Gasteiger charge is -2.15. The summed E-state index contributed by atoms with van der Waals surface area (Å²) in [7, 11) is 1.71. The van der Waals surface area contributed by atoms with Crippen LogP contribution in [0.1, 0.15) is 26.7 Å². The van der Waals surface area contributed by atoms with Crippen LogP contribution in [0.3, 0.4) is 0 Å². The minimum atomic E-state index is -0.138. The Morgan fingerprint density at radius 3 is 2.33 bits per heavy atom. The number of nitrogens with zero attached hydrogens (tertiary/aromatic N) is 1. The first-order valence-electron chi connectivity index (χ1n) is 5.37. The lowest BCUT2D eigenvalue weighted by Crippen LogP contribution is -2.39. The summed E-state index contributed by atoms with van der Waals surface area (Å²) in [5.41, 5.74) is 0. The van der Waals surface area contributed by atoms with E-state index in [0.29, 0.717) is 26.1 Å². The second-order valence-electron chi connectivity index (χ2n) is 3.35. The van der Waals surface area contributed by atoms with Gasteiger partial charge in [-0.15, -0.1) is 0 Å². The van der Waals surface area contributed by atoms with Crippen molar-refractivity contribution in [1.82, 2.24) is 15.5 Å². The fraction of sp³-hybridized carbons (Fsp3) is 0.800. The van der Waals surface area contributed by atoms with Gasteiger partial charge in [-0.05, 0) is 13.3 Å². The summed E-state index contributed by atoms with van der Waals surface area (Å²) >= 11 is 0. The highest BCUT2D eigenvalue weighted by Gasteiger charge is 2.05. The Kier molecular flexibility index (Phi) is 7.40. The highest BCUT2D eigenvalue weighted by atomic mass is 16.2. The Morgan fingerprint density at radius 1 is 1.13 bits per heavy atom.